The van der Waals surface area contributed by atoms with Gasteiger partial charge in [0.25, 0.3) is 0 Å². The number of hydrogen-bond acceptors (Lipinski definition) is 4. The number of amides is 1. The number of carbonyl (C=O) groups is 1. The normalized spacial score (nSPS) is 13.4. The molecular weight excluding hydrogens is 334 g/mol. The molecule has 0 spiro atoms. The molecule has 1 aliphatic heterocycles. The molecule has 0 saturated heterocycles. The average Bonchev–Trinajstić information content (AvgIpc) is 2.59. The van der Waals surface area contributed by atoms with Gasteiger partial charge in [-0.3, -0.25) is 4.79 Å². The molecule has 3 rings (SSSR count). The van der Waals surface area contributed by atoms with Gasteiger partial charge in [-0.2, -0.15) is 0 Å². The van der Waals surface area contributed by atoms with E-state index in [-0.39, 0.29) is 11.3 Å². The Morgan fingerprint density at radius 3 is 2.40 bits per heavy atom. The largest absolute Gasteiger partial charge is 0.486 e. The van der Waals surface area contributed by atoms with E-state index < -0.39 is 0 Å². The minimum absolute atomic E-state index is 0.0402. The zero-order valence-corrected chi connectivity index (χ0v) is 15.6. The fourth-order valence-corrected chi connectivity index (χ4v) is 3.22. The summed E-state index contributed by atoms with van der Waals surface area (Å²) >= 11 is 1.53. The summed E-state index contributed by atoms with van der Waals surface area (Å²) < 4.78 is 11.0. The molecule has 4 nitrogen and oxygen atoms in total. The minimum atomic E-state index is -0.0402. The van der Waals surface area contributed by atoms with Crippen LogP contribution >= 0.6 is 11.8 Å². The van der Waals surface area contributed by atoms with E-state index in [1.807, 2.05) is 12.1 Å². The number of hydrogen-bond donors (Lipinski definition) is 1. The first kappa shape index (κ1) is 17.7. The third kappa shape index (κ3) is 4.69. The van der Waals surface area contributed by atoms with Crippen molar-refractivity contribution in [3.8, 4) is 11.5 Å². The summed E-state index contributed by atoms with van der Waals surface area (Å²) in [4.78, 5) is 13.3. The van der Waals surface area contributed by atoms with Gasteiger partial charge in [-0.05, 0) is 35.2 Å². The Morgan fingerprint density at radius 2 is 1.72 bits per heavy atom. The molecule has 0 aromatic heterocycles. The number of ether oxygens (including phenoxy) is 2. The van der Waals surface area contributed by atoms with Gasteiger partial charge < -0.3 is 14.8 Å². The Labute approximate surface area is 152 Å². The van der Waals surface area contributed by atoms with Gasteiger partial charge in [0.2, 0.25) is 5.91 Å². The lowest BCUT2D eigenvalue weighted by molar-refractivity contribution is -0.113. The first-order valence-electron chi connectivity index (χ1n) is 8.35. The predicted octanol–water partition coefficient (Wildman–Crippen LogP) is 4.49. The number of thioether (sulfide) groups is 1. The summed E-state index contributed by atoms with van der Waals surface area (Å²) in [7, 11) is 0. The molecule has 132 valence electrons. The molecule has 0 fully saturated rings. The number of benzene rings is 2. The molecule has 1 aliphatic rings. The zero-order valence-electron chi connectivity index (χ0n) is 14.8. The summed E-state index contributed by atoms with van der Waals surface area (Å²) in [5, 5.41) is 2.90. The van der Waals surface area contributed by atoms with E-state index in [1.165, 1.54) is 17.3 Å². The van der Waals surface area contributed by atoms with Gasteiger partial charge >= 0.3 is 0 Å². The molecule has 0 saturated carbocycles. The van der Waals surface area contributed by atoms with Crippen LogP contribution in [0.2, 0.25) is 0 Å². The molecule has 0 unspecified atom stereocenters. The van der Waals surface area contributed by atoms with Crippen molar-refractivity contribution < 1.29 is 14.3 Å². The summed E-state index contributed by atoms with van der Waals surface area (Å²) in [5.74, 6) is 1.72. The summed E-state index contributed by atoms with van der Waals surface area (Å²) in [6, 6.07) is 13.8. The van der Waals surface area contributed by atoms with Crippen molar-refractivity contribution in [2.24, 2.45) is 0 Å². The maximum absolute atomic E-state index is 12.2. The van der Waals surface area contributed by atoms with Crippen LogP contribution in [0.4, 0.5) is 5.69 Å². The molecule has 25 heavy (non-hydrogen) atoms. The molecule has 0 aliphatic carbocycles. The Balaban J connectivity index is 1.54. The van der Waals surface area contributed by atoms with Gasteiger partial charge in [0.1, 0.15) is 13.2 Å². The van der Waals surface area contributed by atoms with Crippen LogP contribution in [0.25, 0.3) is 0 Å². The maximum atomic E-state index is 12.2. The third-order valence-corrected chi connectivity index (χ3v) is 4.93. The number of carbonyl (C=O) groups excluding carboxylic acids is 1. The molecule has 0 bridgehead atoms. The van der Waals surface area contributed by atoms with E-state index in [1.54, 1.807) is 6.07 Å². The van der Waals surface area contributed by atoms with Gasteiger partial charge in [0.05, 0.1) is 5.75 Å². The van der Waals surface area contributed by atoms with Crippen molar-refractivity contribution in [2.45, 2.75) is 31.1 Å². The first-order chi connectivity index (χ1) is 11.9. The monoisotopic (exact) mass is 357 g/mol. The Hall–Kier alpha value is -2.14. The van der Waals surface area contributed by atoms with Gasteiger partial charge in [-0.1, -0.05) is 32.9 Å². The summed E-state index contributed by atoms with van der Waals surface area (Å²) in [6.07, 6.45) is 0. The molecule has 1 N–H and O–H groups in total. The topological polar surface area (TPSA) is 47.6 Å². The Morgan fingerprint density at radius 1 is 1.04 bits per heavy atom. The highest BCUT2D eigenvalue weighted by Gasteiger charge is 2.14. The Kier molecular flexibility index (Phi) is 5.23. The number of nitrogens with one attached hydrogen (secondary N) is 1. The van der Waals surface area contributed by atoms with Crippen molar-refractivity contribution in [2.75, 3.05) is 24.3 Å². The van der Waals surface area contributed by atoms with Crippen LogP contribution in [0.15, 0.2) is 47.4 Å². The minimum Gasteiger partial charge on any atom is -0.486 e. The fourth-order valence-electron chi connectivity index (χ4n) is 2.52. The summed E-state index contributed by atoms with van der Waals surface area (Å²) in [5.41, 5.74) is 2.15. The van der Waals surface area contributed by atoms with Crippen molar-refractivity contribution >= 4 is 23.4 Å². The first-order valence-corrected chi connectivity index (χ1v) is 9.33. The maximum Gasteiger partial charge on any atom is 0.234 e. The van der Waals surface area contributed by atoms with Crippen LogP contribution in [0, 0.1) is 0 Å². The van der Waals surface area contributed by atoms with E-state index >= 15 is 0 Å². The van der Waals surface area contributed by atoms with E-state index in [4.69, 9.17) is 9.47 Å². The molecule has 0 atom stereocenters. The number of rotatable bonds is 4. The van der Waals surface area contributed by atoms with Crippen LogP contribution in [-0.4, -0.2) is 24.9 Å². The third-order valence-electron chi connectivity index (χ3n) is 3.92. The lowest BCUT2D eigenvalue weighted by Gasteiger charge is -2.19. The van der Waals surface area contributed by atoms with Crippen LogP contribution in [0.1, 0.15) is 26.3 Å². The van der Waals surface area contributed by atoms with E-state index in [9.17, 15) is 4.79 Å². The zero-order chi connectivity index (χ0) is 17.9. The SMILES string of the molecule is CC(C)(C)c1ccc(SCC(=O)Nc2ccc3c(c2)OCCO3)cc1. The van der Waals surface area contributed by atoms with Gasteiger partial charge in [-0.15, -0.1) is 11.8 Å². The molecule has 1 heterocycles. The highest BCUT2D eigenvalue weighted by molar-refractivity contribution is 8.00. The van der Waals surface area contributed by atoms with Gasteiger partial charge in [0, 0.05) is 16.6 Å². The van der Waals surface area contributed by atoms with E-state index in [0.29, 0.717) is 24.7 Å². The van der Waals surface area contributed by atoms with Gasteiger partial charge in [0.15, 0.2) is 11.5 Å². The summed E-state index contributed by atoms with van der Waals surface area (Å²) in [6.45, 7) is 7.66. The lowest BCUT2D eigenvalue weighted by Crippen LogP contribution is -2.17. The van der Waals surface area contributed by atoms with Gasteiger partial charge in [-0.25, -0.2) is 0 Å². The van der Waals surface area contributed by atoms with Crippen LogP contribution < -0.4 is 14.8 Å². The molecule has 2 aromatic rings. The Bertz CT molecular complexity index is 751. The second kappa shape index (κ2) is 7.40. The number of anilines is 1. The standard InChI is InChI=1S/C20H23NO3S/c1-20(2,3)14-4-7-16(8-5-14)25-13-19(22)21-15-6-9-17-18(12-15)24-11-10-23-17/h4-9,12H,10-11,13H2,1-3H3,(H,21,22). The van der Waals surface area contributed by atoms with Crippen LogP contribution in [0.5, 0.6) is 11.5 Å². The highest BCUT2D eigenvalue weighted by Crippen LogP contribution is 2.32. The van der Waals surface area contributed by atoms with Crippen LogP contribution in [-0.2, 0) is 10.2 Å². The van der Waals surface area contributed by atoms with E-state index in [2.05, 4.69) is 50.4 Å². The second-order valence-electron chi connectivity index (χ2n) is 6.97. The molecule has 5 heteroatoms. The lowest BCUT2D eigenvalue weighted by atomic mass is 9.87. The molecular formula is C20H23NO3S. The average molecular weight is 357 g/mol. The fraction of sp³-hybridized carbons (Fsp3) is 0.350. The van der Waals surface area contributed by atoms with Crippen molar-refractivity contribution in [1.29, 1.82) is 0 Å². The van der Waals surface area contributed by atoms with Crippen LogP contribution in [0.3, 0.4) is 0 Å². The smallest absolute Gasteiger partial charge is 0.234 e. The molecule has 0 radical (unpaired) electrons. The number of fused-ring (bicyclic) bond motifs is 1. The second-order valence-corrected chi connectivity index (χ2v) is 8.02. The van der Waals surface area contributed by atoms with Crippen molar-refractivity contribution in [3.63, 3.8) is 0 Å². The predicted molar refractivity (Wildman–Crippen MR) is 102 cm³/mol. The van der Waals surface area contributed by atoms with Crippen molar-refractivity contribution in [3.05, 3.63) is 48.0 Å². The quantitative estimate of drug-likeness (QED) is 0.819. The molecule has 1 amide bonds. The highest BCUT2D eigenvalue weighted by atomic mass is 32.2. The molecule has 2 aromatic carbocycles. The van der Waals surface area contributed by atoms with Crippen molar-refractivity contribution in [1.82, 2.24) is 0 Å². The van der Waals surface area contributed by atoms with E-state index in [0.717, 1.165) is 16.3 Å².